The Labute approximate surface area is 123 Å². The van der Waals surface area contributed by atoms with E-state index in [4.69, 9.17) is 22.4 Å². The van der Waals surface area contributed by atoms with Gasteiger partial charge in [-0.15, -0.1) is 0 Å². The van der Waals surface area contributed by atoms with Gasteiger partial charge in [0.1, 0.15) is 0 Å². The van der Waals surface area contributed by atoms with Crippen molar-refractivity contribution in [1.82, 2.24) is 0 Å². The molecule has 0 radical (unpaired) electrons. The van der Waals surface area contributed by atoms with Crippen LogP contribution in [0, 0.1) is 0 Å². The van der Waals surface area contributed by atoms with Crippen molar-refractivity contribution in [3.05, 3.63) is 70.2 Å². The summed E-state index contributed by atoms with van der Waals surface area (Å²) in [5.41, 5.74) is 8.98. The highest BCUT2D eigenvalue weighted by molar-refractivity contribution is 6.30. The Balaban J connectivity index is 2.13. The first-order valence-electron chi connectivity index (χ1n) is 6.35. The third-order valence-electron chi connectivity index (χ3n) is 3.10. The van der Waals surface area contributed by atoms with Crippen LogP contribution in [-0.4, -0.2) is 11.1 Å². The summed E-state index contributed by atoms with van der Waals surface area (Å²) in [7, 11) is 0. The van der Waals surface area contributed by atoms with Crippen molar-refractivity contribution in [2.75, 3.05) is 0 Å². The summed E-state index contributed by atoms with van der Waals surface area (Å²) in [4.78, 5) is 10.7. The van der Waals surface area contributed by atoms with Gasteiger partial charge < -0.3 is 10.8 Å². The van der Waals surface area contributed by atoms with E-state index in [0.717, 1.165) is 23.1 Å². The molecule has 0 bridgehead atoms. The maximum absolute atomic E-state index is 10.7. The first-order chi connectivity index (χ1) is 9.54. The second-order valence-electron chi connectivity index (χ2n) is 4.75. The molecule has 0 heterocycles. The molecule has 20 heavy (non-hydrogen) atoms. The number of rotatable bonds is 5. The molecular formula is C16H16ClNO2. The van der Waals surface area contributed by atoms with Gasteiger partial charge in [-0.05, 0) is 35.2 Å². The van der Waals surface area contributed by atoms with Gasteiger partial charge in [0.05, 0.1) is 6.42 Å². The molecule has 2 rings (SSSR count). The molecule has 0 fully saturated rings. The van der Waals surface area contributed by atoms with E-state index < -0.39 is 12.0 Å². The highest BCUT2D eigenvalue weighted by Gasteiger charge is 2.10. The molecule has 2 aromatic rings. The lowest BCUT2D eigenvalue weighted by molar-refractivity contribution is -0.137. The normalized spacial score (nSPS) is 12.1. The zero-order valence-corrected chi connectivity index (χ0v) is 11.7. The quantitative estimate of drug-likeness (QED) is 0.886. The maximum Gasteiger partial charge on any atom is 0.305 e. The number of nitrogens with two attached hydrogens (primary N) is 1. The molecule has 0 saturated heterocycles. The molecule has 3 nitrogen and oxygen atoms in total. The molecule has 0 amide bonds. The number of carbonyl (C=O) groups is 1. The summed E-state index contributed by atoms with van der Waals surface area (Å²) in [5.74, 6) is -0.888. The monoisotopic (exact) mass is 289 g/mol. The van der Waals surface area contributed by atoms with Crippen LogP contribution in [0.1, 0.15) is 29.2 Å². The average molecular weight is 290 g/mol. The van der Waals surface area contributed by atoms with Gasteiger partial charge in [0.15, 0.2) is 0 Å². The minimum atomic E-state index is -0.888. The predicted molar refractivity (Wildman–Crippen MR) is 79.9 cm³/mol. The summed E-state index contributed by atoms with van der Waals surface area (Å²) < 4.78 is 0. The molecular weight excluding hydrogens is 274 g/mol. The summed E-state index contributed by atoms with van der Waals surface area (Å²) >= 11 is 5.86. The number of aliphatic carboxylic acids is 1. The molecule has 0 aliphatic heterocycles. The molecule has 1 unspecified atom stereocenters. The van der Waals surface area contributed by atoms with Crippen molar-refractivity contribution in [1.29, 1.82) is 0 Å². The van der Waals surface area contributed by atoms with Crippen LogP contribution in [0.5, 0.6) is 0 Å². The van der Waals surface area contributed by atoms with Crippen molar-refractivity contribution >= 4 is 17.6 Å². The zero-order valence-electron chi connectivity index (χ0n) is 10.9. The number of hydrogen-bond acceptors (Lipinski definition) is 2. The lowest BCUT2D eigenvalue weighted by Crippen LogP contribution is -2.15. The van der Waals surface area contributed by atoms with E-state index >= 15 is 0 Å². The fraction of sp³-hybridized carbons (Fsp3) is 0.188. The lowest BCUT2D eigenvalue weighted by Gasteiger charge is -2.11. The maximum atomic E-state index is 10.7. The van der Waals surface area contributed by atoms with Gasteiger partial charge in [0.2, 0.25) is 0 Å². The van der Waals surface area contributed by atoms with Crippen LogP contribution < -0.4 is 5.73 Å². The molecule has 4 heteroatoms. The zero-order chi connectivity index (χ0) is 14.5. The Kier molecular flexibility index (Phi) is 4.77. The molecule has 0 aliphatic rings. The van der Waals surface area contributed by atoms with Crippen LogP contribution in [-0.2, 0) is 11.2 Å². The SMILES string of the molecule is NC(CC(=O)O)c1cccc(Cc2ccc(Cl)cc2)c1. The van der Waals surface area contributed by atoms with Gasteiger partial charge in [-0.25, -0.2) is 0 Å². The van der Waals surface area contributed by atoms with Gasteiger partial charge >= 0.3 is 5.97 Å². The summed E-state index contributed by atoms with van der Waals surface area (Å²) in [6.07, 6.45) is 0.704. The average Bonchev–Trinajstić information content (AvgIpc) is 2.41. The van der Waals surface area contributed by atoms with Gasteiger partial charge in [-0.1, -0.05) is 48.0 Å². The van der Waals surface area contributed by atoms with Gasteiger partial charge in [0.25, 0.3) is 0 Å². The van der Waals surface area contributed by atoms with E-state index in [-0.39, 0.29) is 6.42 Å². The van der Waals surface area contributed by atoms with Gasteiger partial charge in [-0.2, -0.15) is 0 Å². The number of hydrogen-bond donors (Lipinski definition) is 2. The lowest BCUT2D eigenvalue weighted by atomic mass is 9.98. The van der Waals surface area contributed by atoms with Crippen LogP contribution in [0.2, 0.25) is 5.02 Å². The third-order valence-corrected chi connectivity index (χ3v) is 3.35. The highest BCUT2D eigenvalue weighted by atomic mass is 35.5. The Bertz CT molecular complexity index is 596. The second kappa shape index (κ2) is 6.55. The smallest absolute Gasteiger partial charge is 0.305 e. The first kappa shape index (κ1) is 14.6. The molecule has 0 aromatic heterocycles. The van der Waals surface area contributed by atoms with Crippen molar-refractivity contribution < 1.29 is 9.90 Å². The van der Waals surface area contributed by atoms with Crippen molar-refractivity contribution in [3.8, 4) is 0 Å². The van der Waals surface area contributed by atoms with E-state index in [1.165, 1.54) is 0 Å². The fourth-order valence-electron chi connectivity index (χ4n) is 2.08. The summed E-state index contributed by atoms with van der Waals surface area (Å²) in [6.45, 7) is 0. The van der Waals surface area contributed by atoms with Gasteiger partial charge in [-0.3, -0.25) is 4.79 Å². The van der Waals surface area contributed by atoms with E-state index in [1.807, 2.05) is 48.5 Å². The molecule has 0 aliphatic carbocycles. The summed E-state index contributed by atoms with van der Waals surface area (Å²) in [5, 5.41) is 9.50. The minimum Gasteiger partial charge on any atom is -0.481 e. The molecule has 104 valence electrons. The van der Waals surface area contributed by atoms with Crippen LogP contribution >= 0.6 is 11.6 Å². The molecule has 0 saturated carbocycles. The number of halogens is 1. The molecule has 1 atom stereocenters. The van der Waals surface area contributed by atoms with Crippen molar-refractivity contribution in [3.63, 3.8) is 0 Å². The van der Waals surface area contributed by atoms with Gasteiger partial charge in [0, 0.05) is 11.1 Å². The van der Waals surface area contributed by atoms with Crippen molar-refractivity contribution in [2.45, 2.75) is 18.9 Å². The molecule has 0 spiro atoms. The highest BCUT2D eigenvalue weighted by Crippen LogP contribution is 2.18. The fourth-order valence-corrected chi connectivity index (χ4v) is 2.20. The predicted octanol–water partition coefficient (Wildman–Crippen LogP) is 3.41. The second-order valence-corrected chi connectivity index (χ2v) is 5.19. The van der Waals surface area contributed by atoms with Crippen LogP contribution in [0.15, 0.2) is 48.5 Å². The van der Waals surface area contributed by atoms with Crippen molar-refractivity contribution in [2.24, 2.45) is 5.73 Å². The first-order valence-corrected chi connectivity index (χ1v) is 6.73. The third kappa shape index (κ3) is 4.08. The number of carboxylic acid groups (broad SMARTS) is 1. The standard InChI is InChI=1S/C16H16ClNO2/c17-14-6-4-11(5-7-14)8-12-2-1-3-13(9-12)15(18)10-16(19)20/h1-7,9,15H,8,10,18H2,(H,19,20). The minimum absolute atomic E-state index is 0.0651. The van der Waals surface area contributed by atoms with Crippen LogP contribution in [0.4, 0.5) is 0 Å². The summed E-state index contributed by atoms with van der Waals surface area (Å²) in [6, 6.07) is 14.9. The molecule has 2 aromatic carbocycles. The Morgan fingerprint density at radius 2 is 1.85 bits per heavy atom. The number of carboxylic acids is 1. The topological polar surface area (TPSA) is 63.3 Å². The number of benzene rings is 2. The van der Waals surface area contributed by atoms with Crippen LogP contribution in [0.3, 0.4) is 0 Å². The Morgan fingerprint density at radius 1 is 1.15 bits per heavy atom. The molecule has 3 N–H and O–H groups in total. The van der Waals surface area contributed by atoms with E-state index in [9.17, 15) is 4.79 Å². The van der Waals surface area contributed by atoms with E-state index in [1.54, 1.807) is 0 Å². The Morgan fingerprint density at radius 3 is 2.50 bits per heavy atom. The van der Waals surface area contributed by atoms with E-state index in [2.05, 4.69) is 0 Å². The Hall–Kier alpha value is -1.84. The van der Waals surface area contributed by atoms with E-state index in [0.29, 0.717) is 5.02 Å². The van der Waals surface area contributed by atoms with Crippen LogP contribution in [0.25, 0.3) is 0 Å². The largest absolute Gasteiger partial charge is 0.481 e.